The molecule has 19 heavy (non-hydrogen) atoms. The lowest BCUT2D eigenvalue weighted by Gasteiger charge is -2.30. The molecular weight excluding hydrogens is 252 g/mol. The monoisotopic (exact) mass is 271 g/mol. The maximum Gasteiger partial charge on any atom is 0.323 e. The second-order valence-electron chi connectivity index (χ2n) is 4.90. The first kappa shape index (κ1) is 15.6. The number of carboxylic acid groups (broad SMARTS) is 1. The van der Waals surface area contributed by atoms with Gasteiger partial charge in [-0.25, -0.2) is 8.78 Å². The van der Waals surface area contributed by atoms with Crippen molar-refractivity contribution in [3.63, 3.8) is 0 Å². The van der Waals surface area contributed by atoms with Crippen molar-refractivity contribution in [2.45, 2.75) is 45.2 Å². The van der Waals surface area contributed by atoms with Crippen LogP contribution in [0.5, 0.6) is 0 Å². The zero-order valence-electron chi connectivity index (χ0n) is 11.3. The smallest absolute Gasteiger partial charge is 0.323 e. The largest absolute Gasteiger partial charge is 0.480 e. The molecule has 0 spiro atoms. The number of nitrogens with one attached hydrogen (secondary N) is 1. The predicted octanol–water partition coefficient (Wildman–Crippen LogP) is 3.26. The Morgan fingerprint density at radius 1 is 1.47 bits per heavy atom. The minimum Gasteiger partial charge on any atom is -0.480 e. The van der Waals surface area contributed by atoms with Crippen LogP contribution in [-0.4, -0.2) is 16.6 Å². The summed E-state index contributed by atoms with van der Waals surface area (Å²) in [6.45, 7) is 5.04. The first-order valence-corrected chi connectivity index (χ1v) is 6.27. The van der Waals surface area contributed by atoms with Gasteiger partial charge in [-0.1, -0.05) is 25.5 Å². The lowest BCUT2D eigenvalue weighted by Crippen LogP contribution is -2.50. The van der Waals surface area contributed by atoms with Gasteiger partial charge >= 0.3 is 5.97 Å². The van der Waals surface area contributed by atoms with Gasteiger partial charge < -0.3 is 5.11 Å². The SMILES string of the molecule is CCCC(C)(NC(C)c1cccc(F)c1F)C(=O)O. The van der Waals surface area contributed by atoms with Gasteiger partial charge in [0.25, 0.3) is 0 Å². The predicted molar refractivity (Wildman–Crippen MR) is 68.9 cm³/mol. The lowest BCUT2D eigenvalue weighted by atomic mass is 9.93. The van der Waals surface area contributed by atoms with Crippen LogP contribution < -0.4 is 5.32 Å². The zero-order chi connectivity index (χ0) is 14.6. The van der Waals surface area contributed by atoms with E-state index in [4.69, 9.17) is 0 Å². The Morgan fingerprint density at radius 3 is 2.63 bits per heavy atom. The summed E-state index contributed by atoms with van der Waals surface area (Å²) in [5, 5.41) is 12.1. The van der Waals surface area contributed by atoms with Gasteiger partial charge in [-0.05, 0) is 26.3 Å². The molecule has 0 aliphatic rings. The molecule has 0 saturated heterocycles. The summed E-state index contributed by atoms with van der Waals surface area (Å²) in [6, 6.07) is 3.30. The van der Waals surface area contributed by atoms with Crippen LogP contribution in [0.1, 0.15) is 45.2 Å². The molecule has 5 heteroatoms. The molecule has 0 aliphatic carbocycles. The standard InChI is InChI=1S/C14H19F2NO2/c1-4-8-14(3,13(18)19)17-9(2)10-6-5-7-11(15)12(10)16/h5-7,9,17H,4,8H2,1-3H3,(H,18,19). The first-order valence-electron chi connectivity index (χ1n) is 6.27. The molecule has 2 unspecified atom stereocenters. The van der Waals surface area contributed by atoms with E-state index in [1.54, 1.807) is 13.8 Å². The third kappa shape index (κ3) is 3.50. The van der Waals surface area contributed by atoms with Crippen molar-refractivity contribution in [2.75, 3.05) is 0 Å². The molecule has 0 fully saturated rings. The average molecular weight is 271 g/mol. The molecule has 0 heterocycles. The maximum absolute atomic E-state index is 13.7. The number of hydrogen-bond acceptors (Lipinski definition) is 2. The molecule has 2 atom stereocenters. The quantitative estimate of drug-likeness (QED) is 0.835. The van der Waals surface area contributed by atoms with E-state index >= 15 is 0 Å². The fourth-order valence-corrected chi connectivity index (χ4v) is 2.15. The highest BCUT2D eigenvalue weighted by Crippen LogP contribution is 2.23. The highest BCUT2D eigenvalue weighted by molar-refractivity contribution is 5.78. The molecule has 0 amide bonds. The van der Waals surface area contributed by atoms with Crippen LogP contribution in [0.2, 0.25) is 0 Å². The molecule has 0 saturated carbocycles. The summed E-state index contributed by atoms with van der Waals surface area (Å²) in [6.07, 6.45) is 1.08. The van der Waals surface area contributed by atoms with E-state index in [0.29, 0.717) is 12.8 Å². The van der Waals surface area contributed by atoms with Gasteiger partial charge in [-0.2, -0.15) is 0 Å². The topological polar surface area (TPSA) is 49.3 Å². The summed E-state index contributed by atoms with van der Waals surface area (Å²) >= 11 is 0. The molecule has 0 bridgehead atoms. The van der Waals surface area contributed by atoms with E-state index < -0.39 is 29.2 Å². The summed E-state index contributed by atoms with van der Waals surface area (Å²) < 4.78 is 26.8. The minimum atomic E-state index is -1.16. The highest BCUT2D eigenvalue weighted by atomic mass is 19.2. The molecule has 3 nitrogen and oxygen atoms in total. The molecule has 0 radical (unpaired) electrons. The normalized spacial score (nSPS) is 15.8. The van der Waals surface area contributed by atoms with Crippen molar-refractivity contribution in [1.82, 2.24) is 5.32 Å². The average Bonchev–Trinajstić information content (AvgIpc) is 2.32. The summed E-state index contributed by atoms with van der Waals surface area (Å²) in [7, 11) is 0. The summed E-state index contributed by atoms with van der Waals surface area (Å²) in [5.74, 6) is -2.87. The first-order chi connectivity index (χ1) is 8.81. The van der Waals surface area contributed by atoms with Gasteiger partial charge in [0.1, 0.15) is 5.54 Å². The van der Waals surface area contributed by atoms with Crippen LogP contribution in [0.3, 0.4) is 0 Å². The van der Waals surface area contributed by atoms with Crippen molar-refractivity contribution in [2.24, 2.45) is 0 Å². The van der Waals surface area contributed by atoms with E-state index in [1.165, 1.54) is 12.1 Å². The van der Waals surface area contributed by atoms with Gasteiger partial charge in [0.15, 0.2) is 11.6 Å². The van der Waals surface area contributed by atoms with Crippen molar-refractivity contribution in [3.8, 4) is 0 Å². The van der Waals surface area contributed by atoms with E-state index in [0.717, 1.165) is 6.07 Å². The Morgan fingerprint density at radius 2 is 2.11 bits per heavy atom. The fraction of sp³-hybridized carbons (Fsp3) is 0.500. The van der Waals surface area contributed by atoms with E-state index in [1.807, 2.05) is 6.92 Å². The van der Waals surface area contributed by atoms with Crippen LogP contribution in [-0.2, 0) is 4.79 Å². The van der Waals surface area contributed by atoms with Crippen LogP contribution in [0.25, 0.3) is 0 Å². The molecular formula is C14H19F2NO2. The second kappa shape index (κ2) is 6.10. The number of carboxylic acids is 1. The number of rotatable bonds is 6. The minimum absolute atomic E-state index is 0.128. The summed E-state index contributed by atoms with van der Waals surface area (Å²) in [5.41, 5.74) is -1.03. The van der Waals surface area contributed by atoms with Crippen LogP contribution in [0.4, 0.5) is 8.78 Å². The van der Waals surface area contributed by atoms with Crippen molar-refractivity contribution in [3.05, 3.63) is 35.4 Å². The highest BCUT2D eigenvalue weighted by Gasteiger charge is 2.34. The van der Waals surface area contributed by atoms with Crippen LogP contribution in [0, 0.1) is 11.6 Å². The third-order valence-electron chi connectivity index (χ3n) is 3.21. The van der Waals surface area contributed by atoms with Crippen molar-refractivity contribution >= 4 is 5.97 Å². The summed E-state index contributed by atoms with van der Waals surface area (Å²) in [4.78, 5) is 11.3. The molecule has 0 aliphatic heterocycles. The fourth-order valence-electron chi connectivity index (χ4n) is 2.15. The second-order valence-corrected chi connectivity index (χ2v) is 4.90. The maximum atomic E-state index is 13.7. The molecule has 1 aromatic rings. The van der Waals surface area contributed by atoms with Crippen LogP contribution in [0.15, 0.2) is 18.2 Å². The van der Waals surface area contributed by atoms with Gasteiger partial charge in [-0.15, -0.1) is 0 Å². The van der Waals surface area contributed by atoms with Crippen molar-refractivity contribution in [1.29, 1.82) is 0 Å². The van der Waals surface area contributed by atoms with Gasteiger partial charge in [-0.3, -0.25) is 10.1 Å². The molecule has 0 aromatic heterocycles. The van der Waals surface area contributed by atoms with E-state index in [9.17, 15) is 18.7 Å². The number of aliphatic carboxylic acids is 1. The molecule has 1 aromatic carbocycles. The van der Waals surface area contributed by atoms with Gasteiger partial charge in [0, 0.05) is 11.6 Å². The molecule has 2 N–H and O–H groups in total. The van der Waals surface area contributed by atoms with Gasteiger partial charge in [0.05, 0.1) is 0 Å². The van der Waals surface area contributed by atoms with Crippen molar-refractivity contribution < 1.29 is 18.7 Å². The Hall–Kier alpha value is -1.49. The zero-order valence-corrected chi connectivity index (χ0v) is 11.3. The van der Waals surface area contributed by atoms with E-state index in [2.05, 4.69) is 5.32 Å². The number of hydrogen-bond donors (Lipinski definition) is 2. The molecule has 106 valence electrons. The third-order valence-corrected chi connectivity index (χ3v) is 3.21. The van der Waals surface area contributed by atoms with Crippen LogP contribution >= 0.6 is 0 Å². The van der Waals surface area contributed by atoms with E-state index in [-0.39, 0.29) is 5.56 Å². The number of halogens is 2. The molecule has 1 rings (SSSR count). The number of benzene rings is 1. The Bertz CT molecular complexity index is 465. The Kier molecular flexibility index (Phi) is 5.00. The van der Waals surface area contributed by atoms with Gasteiger partial charge in [0.2, 0.25) is 0 Å². The Labute approximate surface area is 111 Å². The number of carbonyl (C=O) groups is 1. The lowest BCUT2D eigenvalue weighted by molar-refractivity contribution is -0.144. The Balaban J connectivity index is 2.97.